The summed E-state index contributed by atoms with van der Waals surface area (Å²) in [6, 6.07) is 4.98. The first-order chi connectivity index (χ1) is 8.13. The second-order valence-corrected chi connectivity index (χ2v) is 5.14. The van der Waals surface area contributed by atoms with Gasteiger partial charge in [0.25, 0.3) is 0 Å². The van der Waals surface area contributed by atoms with Gasteiger partial charge in [-0.25, -0.2) is 9.00 Å². The van der Waals surface area contributed by atoms with Crippen LogP contribution in [0.1, 0.15) is 6.92 Å². The highest BCUT2D eigenvalue weighted by atomic mass is 35.5. The SMILES string of the molecule is CCOC(=O)C1=CNc2ccc(Cl)cc2S1=O. The van der Waals surface area contributed by atoms with Gasteiger partial charge in [0.1, 0.15) is 4.91 Å². The van der Waals surface area contributed by atoms with Crippen molar-refractivity contribution in [2.24, 2.45) is 0 Å². The van der Waals surface area contributed by atoms with Gasteiger partial charge in [0, 0.05) is 11.2 Å². The normalized spacial score (nSPS) is 17.8. The molecule has 1 atom stereocenters. The quantitative estimate of drug-likeness (QED) is 0.839. The van der Waals surface area contributed by atoms with Crippen LogP contribution in [0, 0.1) is 0 Å². The van der Waals surface area contributed by atoms with E-state index in [9.17, 15) is 9.00 Å². The maximum Gasteiger partial charge on any atom is 0.349 e. The lowest BCUT2D eigenvalue weighted by atomic mass is 10.3. The maximum atomic E-state index is 12.1. The zero-order valence-electron chi connectivity index (χ0n) is 9.03. The van der Waals surface area contributed by atoms with Crippen molar-refractivity contribution in [3.8, 4) is 0 Å². The van der Waals surface area contributed by atoms with Gasteiger partial charge in [0.05, 0.1) is 28.0 Å². The van der Waals surface area contributed by atoms with E-state index in [0.29, 0.717) is 15.6 Å². The van der Waals surface area contributed by atoms with Gasteiger partial charge in [-0.05, 0) is 25.1 Å². The van der Waals surface area contributed by atoms with E-state index in [1.165, 1.54) is 6.20 Å². The van der Waals surface area contributed by atoms with Crippen molar-refractivity contribution in [2.75, 3.05) is 11.9 Å². The molecule has 0 amide bonds. The van der Waals surface area contributed by atoms with Crippen molar-refractivity contribution in [2.45, 2.75) is 11.8 Å². The summed E-state index contributed by atoms with van der Waals surface area (Å²) in [4.78, 5) is 12.1. The zero-order chi connectivity index (χ0) is 12.4. The number of fused-ring (bicyclic) bond motifs is 1. The predicted molar refractivity (Wildman–Crippen MR) is 66.2 cm³/mol. The van der Waals surface area contributed by atoms with Crippen LogP contribution in [0.25, 0.3) is 0 Å². The molecule has 0 spiro atoms. The third-order valence-electron chi connectivity index (χ3n) is 2.18. The summed E-state index contributed by atoms with van der Waals surface area (Å²) in [7, 11) is -1.56. The highest BCUT2D eigenvalue weighted by molar-refractivity contribution is 7.90. The minimum atomic E-state index is -1.56. The zero-order valence-corrected chi connectivity index (χ0v) is 10.6. The van der Waals surface area contributed by atoms with Crippen LogP contribution < -0.4 is 5.32 Å². The molecule has 1 heterocycles. The van der Waals surface area contributed by atoms with Crippen LogP contribution in [0.4, 0.5) is 5.69 Å². The van der Waals surface area contributed by atoms with Crippen molar-refractivity contribution in [3.63, 3.8) is 0 Å². The highest BCUT2D eigenvalue weighted by Gasteiger charge is 2.25. The van der Waals surface area contributed by atoms with E-state index in [4.69, 9.17) is 16.3 Å². The number of hydrogen-bond donors (Lipinski definition) is 1. The number of ether oxygens (including phenoxy) is 1. The average Bonchev–Trinajstić information content (AvgIpc) is 2.30. The average molecular weight is 272 g/mol. The number of rotatable bonds is 2. The molecule has 1 N–H and O–H groups in total. The minimum Gasteiger partial charge on any atom is -0.462 e. The monoisotopic (exact) mass is 271 g/mol. The lowest BCUT2D eigenvalue weighted by molar-refractivity contribution is -0.137. The summed E-state index contributed by atoms with van der Waals surface area (Å²) in [5, 5.41) is 3.37. The number of hydrogen-bond acceptors (Lipinski definition) is 4. The van der Waals surface area contributed by atoms with Crippen molar-refractivity contribution in [3.05, 3.63) is 34.3 Å². The summed E-state index contributed by atoms with van der Waals surface area (Å²) in [6.07, 6.45) is 1.41. The third kappa shape index (κ3) is 2.35. The summed E-state index contributed by atoms with van der Waals surface area (Å²) in [5.41, 5.74) is 0.681. The van der Waals surface area contributed by atoms with Gasteiger partial charge in [0.2, 0.25) is 0 Å². The first-order valence-corrected chi connectivity index (χ1v) is 6.51. The second kappa shape index (κ2) is 4.89. The second-order valence-electron chi connectivity index (χ2n) is 3.28. The van der Waals surface area contributed by atoms with Crippen LogP contribution in [0.3, 0.4) is 0 Å². The standard InChI is InChI=1S/C11H10ClNO3S/c1-2-16-11(14)10-6-13-8-4-3-7(12)5-9(8)17(10)15/h3-6,13H,2H2,1H3. The van der Waals surface area contributed by atoms with E-state index >= 15 is 0 Å². The number of carbonyl (C=O) groups excluding carboxylic acids is 1. The molecule has 1 unspecified atom stereocenters. The number of esters is 1. The fourth-order valence-corrected chi connectivity index (χ4v) is 2.83. The molecule has 0 aromatic heterocycles. The van der Waals surface area contributed by atoms with Crippen LogP contribution in [-0.4, -0.2) is 16.8 Å². The number of carbonyl (C=O) groups is 1. The molecule has 90 valence electrons. The smallest absolute Gasteiger partial charge is 0.349 e. The Kier molecular flexibility index (Phi) is 3.49. The number of benzene rings is 1. The van der Waals surface area contributed by atoms with Gasteiger partial charge in [-0.1, -0.05) is 11.6 Å². The summed E-state index contributed by atoms with van der Waals surface area (Å²) in [6.45, 7) is 1.94. The van der Waals surface area contributed by atoms with Crippen LogP contribution in [0.2, 0.25) is 5.02 Å². The Labute approximate surface area is 106 Å². The van der Waals surface area contributed by atoms with Gasteiger partial charge >= 0.3 is 5.97 Å². The van der Waals surface area contributed by atoms with Gasteiger partial charge in [0.15, 0.2) is 0 Å². The van der Waals surface area contributed by atoms with Crippen LogP contribution in [0.15, 0.2) is 34.2 Å². The van der Waals surface area contributed by atoms with E-state index in [1.807, 2.05) is 0 Å². The molecule has 4 nitrogen and oxygen atoms in total. The first kappa shape index (κ1) is 12.1. The van der Waals surface area contributed by atoms with Crippen LogP contribution in [0.5, 0.6) is 0 Å². The lowest BCUT2D eigenvalue weighted by Gasteiger charge is -2.16. The number of anilines is 1. The molecule has 0 bridgehead atoms. The first-order valence-electron chi connectivity index (χ1n) is 4.98. The van der Waals surface area contributed by atoms with E-state index < -0.39 is 16.8 Å². The van der Waals surface area contributed by atoms with Gasteiger partial charge in [-0.2, -0.15) is 0 Å². The molecule has 1 aliphatic rings. The molecule has 1 aromatic carbocycles. The minimum absolute atomic E-state index is 0.0987. The lowest BCUT2D eigenvalue weighted by Crippen LogP contribution is -2.17. The molecule has 2 rings (SSSR count). The fraction of sp³-hybridized carbons (Fsp3) is 0.182. The molecule has 0 saturated carbocycles. The molecule has 0 fully saturated rings. The third-order valence-corrected chi connectivity index (χ3v) is 3.83. The summed E-state index contributed by atoms with van der Waals surface area (Å²) < 4.78 is 17.0. The van der Waals surface area contributed by atoms with Gasteiger partial charge in [-0.3, -0.25) is 0 Å². The van der Waals surface area contributed by atoms with Crippen LogP contribution in [-0.2, 0) is 20.3 Å². The maximum absolute atomic E-state index is 12.1. The molecular formula is C11H10ClNO3S. The van der Waals surface area contributed by atoms with Gasteiger partial charge in [-0.15, -0.1) is 0 Å². The Balaban J connectivity index is 2.35. The Bertz CT molecular complexity index is 527. The summed E-state index contributed by atoms with van der Waals surface area (Å²) in [5.74, 6) is -0.580. The Morgan fingerprint density at radius 2 is 2.29 bits per heavy atom. The van der Waals surface area contributed by atoms with Crippen molar-refractivity contribution in [1.82, 2.24) is 0 Å². The van der Waals surface area contributed by atoms with E-state index in [0.717, 1.165) is 0 Å². The Morgan fingerprint density at radius 1 is 1.53 bits per heavy atom. The molecule has 17 heavy (non-hydrogen) atoms. The van der Waals surface area contributed by atoms with Gasteiger partial charge < -0.3 is 10.1 Å². The number of nitrogens with one attached hydrogen (secondary N) is 1. The largest absolute Gasteiger partial charge is 0.462 e. The van der Waals surface area contributed by atoms with E-state index in [-0.39, 0.29) is 11.5 Å². The van der Waals surface area contributed by atoms with Crippen molar-refractivity contribution >= 4 is 34.1 Å². The Hall–Kier alpha value is -1.33. The van der Waals surface area contributed by atoms with Crippen molar-refractivity contribution in [1.29, 1.82) is 0 Å². The predicted octanol–water partition coefficient (Wildman–Crippen LogP) is 2.28. The molecule has 0 aliphatic carbocycles. The molecule has 6 heteroatoms. The molecular weight excluding hydrogens is 262 g/mol. The molecule has 1 aliphatic heterocycles. The molecule has 0 radical (unpaired) electrons. The fourth-order valence-electron chi connectivity index (χ4n) is 1.42. The topological polar surface area (TPSA) is 55.4 Å². The number of halogens is 1. The van der Waals surface area contributed by atoms with E-state index in [2.05, 4.69) is 5.32 Å². The van der Waals surface area contributed by atoms with Crippen molar-refractivity contribution < 1.29 is 13.7 Å². The molecule has 1 aromatic rings. The summed E-state index contributed by atoms with van der Waals surface area (Å²) >= 11 is 5.83. The van der Waals surface area contributed by atoms with E-state index in [1.54, 1.807) is 25.1 Å². The molecule has 0 saturated heterocycles. The Morgan fingerprint density at radius 3 is 3.00 bits per heavy atom. The highest BCUT2D eigenvalue weighted by Crippen LogP contribution is 2.30. The van der Waals surface area contributed by atoms with Crippen LogP contribution >= 0.6 is 11.6 Å².